The van der Waals surface area contributed by atoms with Crippen molar-refractivity contribution in [3.8, 4) is 0 Å². The summed E-state index contributed by atoms with van der Waals surface area (Å²) in [4.78, 5) is 14.2. The molecule has 0 aromatic carbocycles. The molecule has 0 spiro atoms. The molecule has 7 heteroatoms. The molecule has 0 rings (SSSR count). The summed E-state index contributed by atoms with van der Waals surface area (Å²) in [5, 5.41) is 10.1. The molecule has 0 bridgehead atoms. The molecule has 0 atom stereocenters. The Balaban J connectivity index is 4.95. The molecule has 0 heterocycles. The smallest absolute Gasteiger partial charge is 0.369 e. The minimum atomic E-state index is -3.80. The minimum absolute atomic E-state index is 0.735. The van der Waals surface area contributed by atoms with Gasteiger partial charge in [0.1, 0.15) is 7.11 Å². The molecule has 0 aromatic heterocycles. The van der Waals surface area contributed by atoms with E-state index in [9.17, 15) is 13.2 Å². The van der Waals surface area contributed by atoms with Crippen LogP contribution in [0, 0.1) is 0 Å². The van der Waals surface area contributed by atoms with E-state index in [1.165, 1.54) is 0 Å². The first kappa shape index (κ1) is 9.89. The van der Waals surface area contributed by atoms with Crippen LogP contribution in [0.4, 0.5) is 0 Å². The van der Waals surface area contributed by atoms with E-state index < -0.39 is 20.9 Å². The quantitative estimate of drug-likeness (QED) is 0.320. The van der Waals surface area contributed by atoms with Gasteiger partial charge in [-0.05, 0) is 0 Å². The van der Waals surface area contributed by atoms with Gasteiger partial charge in [0, 0.05) is 6.26 Å². The summed E-state index contributed by atoms with van der Waals surface area (Å²) in [5.74, 6) is -1.63. The highest BCUT2D eigenvalue weighted by Gasteiger charge is 2.22. The maximum absolute atomic E-state index is 10.6. The summed E-state index contributed by atoms with van der Waals surface area (Å²) in [7, 11) is -2.74. The van der Waals surface area contributed by atoms with E-state index in [-0.39, 0.29) is 0 Å². The van der Waals surface area contributed by atoms with Gasteiger partial charge in [-0.3, -0.25) is 0 Å². The Kier molecular flexibility index (Phi) is 2.99. The lowest BCUT2D eigenvalue weighted by molar-refractivity contribution is -0.129. The van der Waals surface area contributed by atoms with Gasteiger partial charge in [-0.15, -0.1) is 0 Å². The van der Waals surface area contributed by atoms with Crippen molar-refractivity contribution in [2.45, 2.75) is 0 Å². The van der Waals surface area contributed by atoms with Crippen LogP contribution < -0.4 is 0 Å². The van der Waals surface area contributed by atoms with Crippen LogP contribution in [0.2, 0.25) is 0 Å². The van der Waals surface area contributed by atoms with E-state index in [0.717, 1.165) is 13.4 Å². The fourth-order valence-corrected chi connectivity index (χ4v) is 0.875. The highest BCUT2D eigenvalue weighted by atomic mass is 32.2. The van der Waals surface area contributed by atoms with Gasteiger partial charge in [-0.25, -0.2) is 13.2 Å². The molecule has 6 nitrogen and oxygen atoms in total. The molecule has 0 saturated carbocycles. The fraction of sp³-hybridized carbons (Fsp3) is 0.500. The third-order valence-electron chi connectivity index (χ3n) is 0.708. The van der Waals surface area contributed by atoms with Crippen molar-refractivity contribution in [1.82, 2.24) is 0 Å². The Hall–Kier alpha value is -1.11. The van der Waals surface area contributed by atoms with Gasteiger partial charge < -0.3 is 9.94 Å². The highest BCUT2D eigenvalue weighted by molar-refractivity contribution is 8.07. The lowest BCUT2D eigenvalue weighted by Crippen LogP contribution is -2.23. The molecule has 0 fully saturated rings. The van der Waals surface area contributed by atoms with Gasteiger partial charge >= 0.3 is 5.97 Å². The van der Waals surface area contributed by atoms with Crippen LogP contribution in [-0.4, -0.2) is 37.9 Å². The van der Waals surface area contributed by atoms with Crippen LogP contribution in [0.1, 0.15) is 0 Å². The number of aliphatic carboxylic acids is 1. The zero-order valence-electron chi connectivity index (χ0n) is 5.94. The van der Waals surface area contributed by atoms with Gasteiger partial charge in [0.15, 0.2) is 0 Å². The van der Waals surface area contributed by atoms with Crippen LogP contribution >= 0.6 is 0 Å². The average Bonchev–Trinajstić information content (AvgIpc) is 1.79. The summed E-state index contributed by atoms with van der Waals surface area (Å²) in [6.45, 7) is 0. The van der Waals surface area contributed by atoms with Crippen molar-refractivity contribution in [2.75, 3.05) is 13.4 Å². The number of rotatable bonds is 1. The largest absolute Gasteiger partial charge is 0.476 e. The molecule has 0 aliphatic rings. The fourth-order valence-electron chi connectivity index (χ4n) is 0.348. The Morgan fingerprint density at radius 2 is 2.00 bits per heavy atom. The van der Waals surface area contributed by atoms with Crippen LogP contribution in [0.5, 0.6) is 0 Å². The van der Waals surface area contributed by atoms with E-state index >= 15 is 0 Å². The maximum atomic E-state index is 10.6. The number of carboxylic acid groups (broad SMARTS) is 1. The second-order valence-corrected chi connectivity index (χ2v) is 3.59. The van der Waals surface area contributed by atoms with Crippen LogP contribution in [0.3, 0.4) is 0 Å². The predicted molar refractivity (Wildman–Crippen MR) is 36.9 cm³/mol. The molecule has 0 radical (unpaired) electrons. The Morgan fingerprint density at radius 3 is 2.09 bits per heavy atom. The zero-order chi connectivity index (χ0) is 9.07. The third-order valence-corrected chi connectivity index (χ3v) is 1.66. The van der Waals surface area contributed by atoms with Crippen molar-refractivity contribution < 1.29 is 23.2 Å². The Morgan fingerprint density at radius 1 is 1.55 bits per heavy atom. The van der Waals surface area contributed by atoms with Crippen LogP contribution in [0.15, 0.2) is 5.16 Å². The number of sulfone groups is 1. The monoisotopic (exact) mass is 181 g/mol. The lowest BCUT2D eigenvalue weighted by atomic mass is 10.8. The summed E-state index contributed by atoms with van der Waals surface area (Å²) in [6, 6.07) is 0. The number of hydrogen-bond donors (Lipinski definition) is 1. The Labute approximate surface area is 63.4 Å². The van der Waals surface area contributed by atoms with Crippen molar-refractivity contribution in [2.24, 2.45) is 5.16 Å². The molecule has 0 saturated heterocycles. The van der Waals surface area contributed by atoms with Crippen molar-refractivity contribution in [3.63, 3.8) is 0 Å². The number of carboxylic acids is 1. The number of hydrogen-bond acceptors (Lipinski definition) is 5. The first-order chi connectivity index (χ1) is 4.89. The van der Waals surface area contributed by atoms with E-state index in [4.69, 9.17) is 5.11 Å². The minimum Gasteiger partial charge on any atom is -0.476 e. The SMILES string of the molecule is CO/N=C(/C(=O)O)S(C)(=O)=O. The van der Waals surface area contributed by atoms with Crippen molar-refractivity contribution >= 4 is 20.9 Å². The van der Waals surface area contributed by atoms with Crippen molar-refractivity contribution in [3.05, 3.63) is 0 Å². The van der Waals surface area contributed by atoms with Crippen LogP contribution in [-0.2, 0) is 19.5 Å². The van der Waals surface area contributed by atoms with E-state index in [2.05, 4.69) is 9.99 Å². The van der Waals surface area contributed by atoms with E-state index in [1.54, 1.807) is 0 Å². The number of nitrogens with zero attached hydrogens (tertiary/aromatic N) is 1. The van der Waals surface area contributed by atoms with Gasteiger partial charge in [0.2, 0.25) is 9.84 Å². The van der Waals surface area contributed by atoms with E-state index in [1.807, 2.05) is 0 Å². The molecule has 1 N–H and O–H groups in total. The molecule has 64 valence electrons. The summed E-state index contributed by atoms with van der Waals surface area (Å²) < 4.78 is 21.1. The maximum Gasteiger partial charge on any atom is 0.369 e. The van der Waals surface area contributed by atoms with Gasteiger partial charge in [0.05, 0.1) is 0 Å². The normalized spacial score (nSPS) is 12.7. The average molecular weight is 181 g/mol. The molecular weight excluding hydrogens is 174 g/mol. The standard InChI is InChI=1S/C4H7NO5S/c1-10-5-3(4(6)7)11(2,8)9/h1-2H3,(H,6,7)/b5-3-. The van der Waals surface area contributed by atoms with Crippen molar-refractivity contribution in [1.29, 1.82) is 0 Å². The van der Waals surface area contributed by atoms with E-state index in [0.29, 0.717) is 0 Å². The van der Waals surface area contributed by atoms with Crippen LogP contribution in [0.25, 0.3) is 0 Å². The number of oxime groups is 1. The summed E-state index contributed by atoms with van der Waals surface area (Å²) in [5.41, 5.74) is 0. The number of carbonyl (C=O) groups is 1. The highest BCUT2D eigenvalue weighted by Crippen LogP contribution is 1.90. The molecule has 0 aromatic rings. The third kappa shape index (κ3) is 2.99. The Bertz CT molecular complexity index is 277. The molecular formula is C4H7NO5S. The molecule has 0 unspecified atom stereocenters. The first-order valence-electron chi connectivity index (χ1n) is 2.44. The first-order valence-corrected chi connectivity index (χ1v) is 4.33. The predicted octanol–water partition coefficient (Wildman–Crippen LogP) is -0.924. The molecule has 0 amide bonds. The topological polar surface area (TPSA) is 93.0 Å². The zero-order valence-corrected chi connectivity index (χ0v) is 6.75. The van der Waals surface area contributed by atoms with Gasteiger partial charge in [-0.1, -0.05) is 5.16 Å². The molecule has 11 heavy (non-hydrogen) atoms. The summed E-state index contributed by atoms with van der Waals surface area (Å²) in [6.07, 6.45) is 0.735. The lowest BCUT2D eigenvalue weighted by Gasteiger charge is -1.94. The molecule has 0 aliphatic carbocycles. The van der Waals surface area contributed by atoms with Gasteiger partial charge in [-0.2, -0.15) is 0 Å². The summed E-state index contributed by atoms with van der Waals surface area (Å²) >= 11 is 0. The molecule has 0 aliphatic heterocycles. The second-order valence-electron chi connectivity index (χ2n) is 1.66. The second kappa shape index (κ2) is 3.33. The van der Waals surface area contributed by atoms with Gasteiger partial charge in [0.25, 0.3) is 5.04 Å².